The maximum Gasteiger partial charge on any atom is 0.146 e. The summed E-state index contributed by atoms with van der Waals surface area (Å²) < 4.78 is 13.8. The third kappa shape index (κ3) is 3.15. The lowest BCUT2D eigenvalue weighted by atomic mass is 10.2. The molecule has 0 spiro atoms. The number of hydrogen-bond acceptors (Lipinski definition) is 3. The zero-order chi connectivity index (χ0) is 13.8. The van der Waals surface area contributed by atoms with Gasteiger partial charge in [0.1, 0.15) is 5.82 Å². The van der Waals surface area contributed by atoms with E-state index in [2.05, 4.69) is 10.3 Å². The summed E-state index contributed by atoms with van der Waals surface area (Å²) in [5.74, 6) is -0.382. The van der Waals surface area contributed by atoms with Crippen molar-refractivity contribution < 1.29 is 4.39 Å². The molecule has 0 atom stereocenters. The summed E-state index contributed by atoms with van der Waals surface area (Å²) in [5, 5.41) is 3.31. The lowest BCUT2D eigenvalue weighted by Gasteiger charge is -2.18. The molecule has 1 aromatic heterocycles. The molecule has 2 rings (SSSR count). The van der Waals surface area contributed by atoms with E-state index in [1.54, 1.807) is 24.5 Å². The van der Waals surface area contributed by atoms with Gasteiger partial charge in [-0.2, -0.15) is 0 Å². The number of pyridine rings is 1. The van der Waals surface area contributed by atoms with Crippen molar-refractivity contribution in [2.45, 2.75) is 6.54 Å². The zero-order valence-electron chi connectivity index (χ0n) is 10.8. The molecule has 1 N–H and O–H groups in total. The van der Waals surface area contributed by atoms with Crippen LogP contribution in [0.1, 0.15) is 5.56 Å². The van der Waals surface area contributed by atoms with Gasteiger partial charge in [-0.3, -0.25) is 4.98 Å². The highest BCUT2D eigenvalue weighted by Crippen LogP contribution is 2.24. The van der Waals surface area contributed by atoms with Crippen LogP contribution in [0.5, 0.6) is 0 Å². The Kier molecular flexibility index (Phi) is 4.22. The molecule has 5 heteroatoms. The fourth-order valence-corrected chi connectivity index (χ4v) is 1.98. The van der Waals surface area contributed by atoms with Gasteiger partial charge in [-0.05, 0) is 12.1 Å². The molecule has 0 radical (unpaired) electrons. The van der Waals surface area contributed by atoms with Crippen LogP contribution in [0.25, 0.3) is 0 Å². The van der Waals surface area contributed by atoms with Crippen molar-refractivity contribution >= 4 is 23.0 Å². The first-order valence-corrected chi connectivity index (χ1v) is 6.25. The number of halogens is 2. The number of nitrogens with zero attached hydrogens (tertiary/aromatic N) is 2. The molecule has 0 fully saturated rings. The predicted octanol–water partition coefficient (Wildman–Crippen LogP) is 3.55. The van der Waals surface area contributed by atoms with Crippen LogP contribution in [0.3, 0.4) is 0 Å². The van der Waals surface area contributed by atoms with Crippen LogP contribution in [0, 0.1) is 5.82 Å². The number of rotatable bonds is 4. The van der Waals surface area contributed by atoms with Crippen LogP contribution in [-0.4, -0.2) is 19.1 Å². The minimum atomic E-state index is -0.382. The fourth-order valence-electron chi connectivity index (χ4n) is 1.79. The van der Waals surface area contributed by atoms with Crippen LogP contribution in [0.15, 0.2) is 36.7 Å². The molecule has 1 aromatic carbocycles. The van der Waals surface area contributed by atoms with E-state index in [9.17, 15) is 4.39 Å². The normalized spacial score (nSPS) is 10.3. The van der Waals surface area contributed by atoms with Gasteiger partial charge < -0.3 is 10.2 Å². The summed E-state index contributed by atoms with van der Waals surface area (Å²) in [6.45, 7) is 0.360. The van der Waals surface area contributed by atoms with Crippen LogP contribution >= 0.6 is 11.6 Å². The van der Waals surface area contributed by atoms with Crippen molar-refractivity contribution in [3.8, 4) is 0 Å². The SMILES string of the molecule is CN(C)c1ccncc1NCc1cccc(Cl)c1F. The summed E-state index contributed by atoms with van der Waals surface area (Å²) in [7, 11) is 3.89. The van der Waals surface area contributed by atoms with E-state index >= 15 is 0 Å². The van der Waals surface area contributed by atoms with Gasteiger partial charge in [-0.25, -0.2) is 4.39 Å². The topological polar surface area (TPSA) is 28.2 Å². The van der Waals surface area contributed by atoms with Crippen molar-refractivity contribution in [1.82, 2.24) is 4.98 Å². The Morgan fingerprint density at radius 1 is 1.32 bits per heavy atom. The lowest BCUT2D eigenvalue weighted by molar-refractivity contribution is 0.613. The highest BCUT2D eigenvalue weighted by Gasteiger charge is 2.08. The monoisotopic (exact) mass is 279 g/mol. The van der Waals surface area contributed by atoms with E-state index in [0.717, 1.165) is 11.4 Å². The molecule has 2 aromatic rings. The highest BCUT2D eigenvalue weighted by molar-refractivity contribution is 6.30. The van der Waals surface area contributed by atoms with Gasteiger partial charge in [0, 0.05) is 32.4 Å². The van der Waals surface area contributed by atoms with Gasteiger partial charge in [0.25, 0.3) is 0 Å². The second kappa shape index (κ2) is 5.89. The van der Waals surface area contributed by atoms with Gasteiger partial charge in [0.2, 0.25) is 0 Å². The smallest absolute Gasteiger partial charge is 0.146 e. The second-order valence-corrected chi connectivity index (χ2v) is 4.76. The molecule has 0 aliphatic heterocycles. The number of hydrogen-bond donors (Lipinski definition) is 1. The third-order valence-electron chi connectivity index (χ3n) is 2.78. The van der Waals surface area contributed by atoms with Crippen molar-refractivity contribution in [2.24, 2.45) is 0 Å². The number of benzene rings is 1. The van der Waals surface area contributed by atoms with E-state index in [4.69, 9.17) is 11.6 Å². The molecule has 19 heavy (non-hydrogen) atoms. The molecule has 3 nitrogen and oxygen atoms in total. The van der Waals surface area contributed by atoms with Crippen LogP contribution in [-0.2, 0) is 6.54 Å². The first kappa shape index (κ1) is 13.6. The highest BCUT2D eigenvalue weighted by atomic mass is 35.5. The van der Waals surface area contributed by atoms with Crippen molar-refractivity contribution in [2.75, 3.05) is 24.3 Å². The lowest BCUT2D eigenvalue weighted by Crippen LogP contribution is -2.12. The molecular weight excluding hydrogens is 265 g/mol. The molecular formula is C14H15ClFN3. The Morgan fingerprint density at radius 3 is 2.84 bits per heavy atom. The van der Waals surface area contributed by atoms with E-state index in [-0.39, 0.29) is 10.8 Å². The van der Waals surface area contributed by atoms with Gasteiger partial charge in [0.15, 0.2) is 0 Å². The van der Waals surface area contributed by atoms with Crippen LogP contribution in [0.4, 0.5) is 15.8 Å². The Balaban J connectivity index is 2.17. The molecule has 0 aliphatic rings. The minimum absolute atomic E-state index is 0.137. The van der Waals surface area contributed by atoms with Crippen molar-refractivity contribution in [1.29, 1.82) is 0 Å². The van der Waals surface area contributed by atoms with E-state index < -0.39 is 0 Å². The first-order valence-electron chi connectivity index (χ1n) is 5.87. The quantitative estimate of drug-likeness (QED) is 0.928. The minimum Gasteiger partial charge on any atom is -0.378 e. The van der Waals surface area contributed by atoms with Crippen molar-refractivity contribution in [3.63, 3.8) is 0 Å². The predicted molar refractivity (Wildman–Crippen MR) is 77.3 cm³/mol. The maximum absolute atomic E-state index is 13.8. The second-order valence-electron chi connectivity index (χ2n) is 4.35. The molecule has 0 amide bonds. The average molecular weight is 280 g/mol. The van der Waals surface area contributed by atoms with E-state index in [1.165, 1.54) is 6.07 Å². The largest absolute Gasteiger partial charge is 0.378 e. The maximum atomic E-state index is 13.8. The van der Waals surface area contributed by atoms with Gasteiger partial charge >= 0.3 is 0 Å². The summed E-state index contributed by atoms with van der Waals surface area (Å²) in [6.07, 6.45) is 3.44. The fraction of sp³-hybridized carbons (Fsp3) is 0.214. The number of nitrogens with one attached hydrogen (secondary N) is 1. The van der Waals surface area contributed by atoms with E-state index in [0.29, 0.717) is 12.1 Å². The molecule has 0 saturated heterocycles. The standard InChI is InChI=1S/C14H15ClFN3/c1-19(2)13-6-7-17-9-12(13)18-8-10-4-3-5-11(15)14(10)16/h3-7,9,18H,8H2,1-2H3. The third-order valence-corrected chi connectivity index (χ3v) is 3.07. The summed E-state index contributed by atoms with van der Waals surface area (Å²) in [4.78, 5) is 6.04. The van der Waals surface area contributed by atoms with Crippen LogP contribution in [0.2, 0.25) is 5.02 Å². The van der Waals surface area contributed by atoms with Crippen LogP contribution < -0.4 is 10.2 Å². The summed E-state index contributed by atoms with van der Waals surface area (Å²) in [6, 6.07) is 6.88. The summed E-state index contributed by atoms with van der Waals surface area (Å²) >= 11 is 5.75. The Morgan fingerprint density at radius 2 is 2.11 bits per heavy atom. The average Bonchev–Trinajstić information content (AvgIpc) is 2.40. The molecule has 0 bridgehead atoms. The molecule has 100 valence electrons. The van der Waals surface area contributed by atoms with Gasteiger partial charge in [-0.1, -0.05) is 23.7 Å². The van der Waals surface area contributed by atoms with Crippen molar-refractivity contribution in [3.05, 3.63) is 53.1 Å². The van der Waals surface area contributed by atoms with Gasteiger partial charge in [-0.15, -0.1) is 0 Å². The molecule has 0 unspecified atom stereocenters. The zero-order valence-corrected chi connectivity index (χ0v) is 11.6. The molecule has 0 saturated carbocycles. The number of anilines is 2. The Bertz CT molecular complexity index is 572. The van der Waals surface area contributed by atoms with E-state index in [1.807, 2.05) is 25.1 Å². The first-order chi connectivity index (χ1) is 9.09. The van der Waals surface area contributed by atoms with Gasteiger partial charge in [0.05, 0.1) is 22.6 Å². The Hall–Kier alpha value is -1.81. The molecule has 1 heterocycles. The Labute approximate surface area is 117 Å². The number of aromatic nitrogens is 1. The summed E-state index contributed by atoms with van der Waals surface area (Å²) in [5.41, 5.74) is 2.38. The molecule has 0 aliphatic carbocycles.